The van der Waals surface area contributed by atoms with Gasteiger partial charge in [-0.05, 0) is 54.8 Å². The summed E-state index contributed by atoms with van der Waals surface area (Å²) in [4.78, 5) is 29.4. The fourth-order valence-electron chi connectivity index (χ4n) is 2.89. The minimum absolute atomic E-state index is 0.00703. The van der Waals surface area contributed by atoms with Crippen LogP contribution in [-0.4, -0.2) is 30.2 Å². The van der Waals surface area contributed by atoms with E-state index in [1.807, 2.05) is 19.1 Å². The van der Waals surface area contributed by atoms with Crippen molar-refractivity contribution in [1.82, 2.24) is 4.57 Å². The first-order valence-electron chi connectivity index (χ1n) is 9.45. The fourth-order valence-corrected chi connectivity index (χ4v) is 3.97. The molecule has 0 saturated carbocycles. The molecule has 0 saturated heterocycles. The van der Waals surface area contributed by atoms with Crippen LogP contribution < -0.4 is 9.54 Å². The van der Waals surface area contributed by atoms with E-state index < -0.39 is 5.97 Å². The standard InChI is InChI=1S/C22H24N2O4S/c1-5-28-17-9-6-15(7-10-17)21(26)23-22-24(13-20(25)27-4)18-11-8-16(14(2)3)12-19(18)29-22/h6-12,14H,5,13H2,1-4H3. The van der Waals surface area contributed by atoms with Gasteiger partial charge in [0.15, 0.2) is 4.80 Å². The zero-order valence-corrected chi connectivity index (χ0v) is 17.8. The van der Waals surface area contributed by atoms with E-state index in [2.05, 4.69) is 24.9 Å². The number of benzene rings is 2. The maximum absolute atomic E-state index is 12.7. The Morgan fingerprint density at radius 2 is 1.86 bits per heavy atom. The molecule has 1 amide bonds. The monoisotopic (exact) mass is 412 g/mol. The van der Waals surface area contributed by atoms with Gasteiger partial charge in [-0.15, -0.1) is 0 Å². The number of aromatic nitrogens is 1. The molecule has 0 atom stereocenters. The minimum atomic E-state index is -0.396. The fraction of sp³-hybridized carbons (Fsp3) is 0.318. The van der Waals surface area contributed by atoms with Crippen LogP contribution in [-0.2, 0) is 16.1 Å². The number of carbonyl (C=O) groups is 2. The van der Waals surface area contributed by atoms with E-state index in [-0.39, 0.29) is 12.5 Å². The van der Waals surface area contributed by atoms with Crippen molar-refractivity contribution in [3.63, 3.8) is 0 Å². The molecule has 7 heteroatoms. The average molecular weight is 413 g/mol. The van der Waals surface area contributed by atoms with Crippen LogP contribution in [0.4, 0.5) is 0 Å². The molecule has 0 aliphatic carbocycles. The average Bonchev–Trinajstić information content (AvgIpc) is 3.04. The number of rotatable bonds is 6. The van der Waals surface area contributed by atoms with E-state index in [4.69, 9.17) is 9.47 Å². The third-order valence-corrected chi connectivity index (χ3v) is 5.54. The molecular weight excluding hydrogens is 388 g/mol. The third kappa shape index (κ3) is 4.74. The molecule has 0 N–H and O–H groups in total. The third-order valence-electron chi connectivity index (χ3n) is 4.50. The Labute approximate surface area is 173 Å². The molecule has 0 aliphatic rings. The first-order valence-corrected chi connectivity index (χ1v) is 10.3. The van der Waals surface area contributed by atoms with Gasteiger partial charge < -0.3 is 14.0 Å². The second kappa shape index (κ2) is 9.05. The molecule has 29 heavy (non-hydrogen) atoms. The molecule has 1 aromatic heterocycles. The number of nitrogens with zero attached hydrogens (tertiary/aromatic N) is 2. The highest BCUT2D eigenvalue weighted by atomic mass is 32.1. The molecule has 0 fully saturated rings. The van der Waals surface area contributed by atoms with Gasteiger partial charge in [-0.3, -0.25) is 9.59 Å². The number of ether oxygens (including phenoxy) is 2. The molecule has 0 bridgehead atoms. The number of methoxy groups -OCH3 is 1. The number of amides is 1. The lowest BCUT2D eigenvalue weighted by molar-refractivity contribution is -0.141. The molecule has 0 aliphatic heterocycles. The van der Waals surface area contributed by atoms with Crippen molar-refractivity contribution in [2.75, 3.05) is 13.7 Å². The summed E-state index contributed by atoms with van der Waals surface area (Å²) in [5, 5.41) is 0. The molecule has 152 valence electrons. The smallest absolute Gasteiger partial charge is 0.325 e. The Kier molecular flexibility index (Phi) is 6.49. The van der Waals surface area contributed by atoms with E-state index in [0.29, 0.717) is 28.6 Å². The second-order valence-corrected chi connectivity index (χ2v) is 7.81. The minimum Gasteiger partial charge on any atom is -0.494 e. The molecule has 3 rings (SSSR count). The highest BCUT2D eigenvalue weighted by Crippen LogP contribution is 2.24. The zero-order chi connectivity index (χ0) is 21.0. The van der Waals surface area contributed by atoms with E-state index in [1.54, 1.807) is 28.8 Å². The predicted octanol–water partition coefficient (Wildman–Crippen LogP) is 4.14. The first kappa shape index (κ1) is 20.8. The number of hydrogen-bond acceptors (Lipinski definition) is 5. The molecule has 0 spiro atoms. The van der Waals surface area contributed by atoms with Crippen LogP contribution in [0.1, 0.15) is 42.6 Å². The summed E-state index contributed by atoms with van der Waals surface area (Å²) >= 11 is 1.39. The van der Waals surface area contributed by atoms with Crippen LogP contribution >= 0.6 is 11.3 Å². The van der Waals surface area contributed by atoms with Crippen molar-refractivity contribution < 1.29 is 19.1 Å². The predicted molar refractivity (Wildman–Crippen MR) is 113 cm³/mol. The van der Waals surface area contributed by atoms with Gasteiger partial charge in [-0.1, -0.05) is 31.3 Å². The lowest BCUT2D eigenvalue weighted by Crippen LogP contribution is -2.22. The van der Waals surface area contributed by atoms with Crippen LogP contribution in [0.5, 0.6) is 5.75 Å². The quantitative estimate of drug-likeness (QED) is 0.571. The van der Waals surface area contributed by atoms with Gasteiger partial charge in [0.1, 0.15) is 12.3 Å². The lowest BCUT2D eigenvalue weighted by atomic mass is 10.0. The van der Waals surface area contributed by atoms with Gasteiger partial charge in [0, 0.05) is 5.56 Å². The molecule has 3 aromatic rings. The summed E-state index contributed by atoms with van der Waals surface area (Å²) in [6, 6.07) is 12.9. The van der Waals surface area contributed by atoms with Gasteiger partial charge in [-0.2, -0.15) is 4.99 Å². The summed E-state index contributed by atoms with van der Waals surface area (Å²) in [5.41, 5.74) is 2.50. The Morgan fingerprint density at radius 1 is 1.14 bits per heavy atom. The molecule has 1 heterocycles. The highest BCUT2D eigenvalue weighted by molar-refractivity contribution is 7.16. The van der Waals surface area contributed by atoms with Gasteiger partial charge in [0.05, 0.1) is 23.9 Å². The molecule has 6 nitrogen and oxygen atoms in total. The van der Waals surface area contributed by atoms with Crippen molar-refractivity contribution in [2.24, 2.45) is 4.99 Å². The van der Waals surface area contributed by atoms with E-state index >= 15 is 0 Å². The topological polar surface area (TPSA) is 69.9 Å². The Morgan fingerprint density at radius 3 is 2.48 bits per heavy atom. The Balaban J connectivity index is 2.06. The number of fused-ring (bicyclic) bond motifs is 1. The van der Waals surface area contributed by atoms with Crippen LogP contribution in [0.3, 0.4) is 0 Å². The van der Waals surface area contributed by atoms with Crippen LogP contribution in [0.25, 0.3) is 10.2 Å². The molecule has 0 unspecified atom stereocenters. The van der Waals surface area contributed by atoms with Crippen LogP contribution in [0.15, 0.2) is 47.5 Å². The summed E-state index contributed by atoms with van der Waals surface area (Å²) < 4.78 is 12.9. The number of thiazole rings is 1. The summed E-state index contributed by atoms with van der Waals surface area (Å²) in [5.74, 6) is 0.309. The van der Waals surface area contributed by atoms with Crippen LogP contribution in [0.2, 0.25) is 0 Å². The van der Waals surface area contributed by atoms with E-state index in [0.717, 1.165) is 10.2 Å². The van der Waals surface area contributed by atoms with Gasteiger partial charge in [-0.25, -0.2) is 0 Å². The van der Waals surface area contributed by atoms with E-state index in [1.165, 1.54) is 24.0 Å². The summed E-state index contributed by atoms with van der Waals surface area (Å²) in [6.07, 6.45) is 0. The number of esters is 1. The van der Waals surface area contributed by atoms with Gasteiger partial charge >= 0.3 is 5.97 Å². The summed E-state index contributed by atoms with van der Waals surface area (Å²) in [6.45, 7) is 6.70. The number of carbonyl (C=O) groups excluding carboxylic acids is 2. The van der Waals surface area contributed by atoms with Crippen molar-refractivity contribution in [2.45, 2.75) is 33.2 Å². The molecular formula is C22H24N2O4S. The van der Waals surface area contributed by atoms with Crippen molar-refractivity contribution in [3.8, 4) is 5.75 Å². The second-order valence-electron chi connectivity index (χ2n) is 6.80. The van der Waals surface area contributed by atoms with E-state index in [9.17, 15) is 9.59 Å². The van der Waals surface area contributed by atoms with Crippen molar-refractivity contribution in [3.05, 3.63) is 58.4 Å². The largest absolute Gasteiger partial charge is 0.494 e. The zero-order valence-electron chi connectivity index (χ0n) is 17.0. The van der Waals surface area contributed by atoms with Gasteiger partial charge in [0.2, 0.25) is 0 Å². The molecule has 2 aromatic carbocycles. The Bertz CT molecular complexity index is 1090. The summed E-state index contributed by atoms with van der Waals surface area (Å²) in [7, 11) is 1.34. The number of hydrogen-bond donors (Lipinski definition) is 0. The van der Waals surface area contributed by atoms with Crippen molar-refractivity contribution >= 4 is 33.4 Å². The first-order chi connectivity index (χ1) is 13.9. The maximum Gasteiger partial charge on any atom is 0.325 e. The normalized spacial score (nSPS) is 11.8. The molecule has 0 radical (unpaired) electrons. The Hall–Kier alpha value is -2.93. The highest BCUT2D eigenvalue weighted by Gasteiger charge is 2.14. The maximum atomic E-state index is 12.7. The van der Waals surface area contributed by atoms with Crippen LogP contribution in [0, 0.1) is 0 Å². The lowest BCUT2D eigenvalue weighted by Gasteiger charge is -2.06. The SMILES string of the molecule is CCOc1ccc(C(=O)N=c2sc3cc(C(C)C)ccc3n2CC(=O)OC)cc1. The van der Waals surface area contributed by atoms with Crippen molar-refractivity contribution in [1.29, 1.82) is 0 Å². The van der Waals surface area contributed by atoms with Gasteiger partial charge in [0.25, 0.3) is 5.91 Å².